The van der Waals surface area contributed by atoms with E-state index in [9.17, 15) is 27.9 Å². The first-order chi connectivity index (χ1) is 16.5. The van der Waals surface area contributed by atoms with Crippen LogP contribution in [-0.2, 0) is 15.8 Å². The Bertz CT molecular complexity index is 1300. The first kappa shape index (κ1) is 24.1. The Hall–Kier alpha value is -4.01. The summed E-state index contributed by atoms with van der Waals surface area (Å²) in [6, 6.07) is 12.9. The van der Waals surface area contributed by atoms with E-state index in [1.807, 2.05) is 13.8 Å². The number of alkyl halides is 3. The average Bonchev–Trinajstić information content (AvgIpc) is 3.09. The maximum Gasteiger partial charge on any atom is 0.416 e. The van der Waals surface area contributed by atoms with Gasteiger partial charge in [-0.3, -0.25) is 14.5 Å². The molecule has 0 spiro atoms. The van der Waals surface area contributed by atoms with E-state index in [2.05, 4.69) is 10.2 Å². The Morgan fingerprint density at radius 3 is 2.09 bits per heavy atom. The molecule has 2 heterocycles. The second kappa shape index (κ2) is 8.98. The number of anilines is 1. The Morgan fingerprint density at radius 1 is 0.943 bits per heavy atom. The molecule has 1 aliphatic heterocycles. The molecular weight excluding hydrogens is 459 g/mol. The van der Waals surface area contributed by atoms with Crippen LogP contribution in [0.25, 0.3) is 5.76 Å². The molecule has 1 fully saturated rings. The fourth-order valence-corrected chi connectivity index (χ4v) is 3.94. The first-order valence-corrected chi connectivity index (χ1v) is 10.9. The predicted molar refractivity (Wildman–Crippen MR) is 124 cm³/mol. The number of benzene rings is 2. The van der Waals surface area contributed by atoms with Gasteiger partial charge in [-0.25, -0.2) is 0 Å². The molecule has 0 aliphatic carbocycles. The van der Waals surface area contributed by atoms with Crippen molar-refractivity contribution in [3.05, 3.63) is 94.2 Å². The summed E-state index contributed by atoms with van der Waals surface area (Å²) >= 11 is 0. The lowest BCUT2D eigenvalue weighted by molar-refractivity contribution is -0.137. The largest absolute Gasteiger partial charge is 0.507 e. The fraction of sp³-hybridized carbons (Fsp3) is 0.231. The molecule has 0 saturated carbocycles. The molecule has 9 heteroatoms. The van der Waals surface area contributed by atoms with Crippen molar-refractivity contribution >= 4 is 23.3 Å². The number of Topliss-reactive ketones (excluding diaryl/α,β-unsaturated/α-hetero) is 1. The molecule has 1 aromatic heterocycles. The van der Waals surface area contributed by atoms with Gasteiger partial charge in [-0.15, -0.1) is 5.10 Å². The Kier molecular flexibility index (Phi) is 6.19. The van der Waals surface area contributed by atoms with Crippen molar-refractivity contribution in [2.24, 2.45) is 0 Å². The van der Waals surface area contributed by atoms with Crippen LogP contribution in [0.3, 0.4) is 0 Å². The number of carbonyl (C=O) groups is 2. The highest BCUT2D eigenvalue weighted by Crippen LogP contribution is 2.42. The molecule has 35 heavy (non-hydrogen) atoms. The number of aliphatic hydroxyl groups is 1. The number of aliphatic hydroxyl groups excluding tert-OH is 1. The van der Waals surface area contributed by atoms with E-state index in [1.165, 1.54) is 18.2 Å². The summed E-state index contributed by atoms with van der Waals surface area (Å²) in [6.45, 7) is 5.71. The van der Waals surface area contributed by atoms with Gasteiger partial charge in [0.1, 0.15) is 5.76 Å². The van der Waals surface area contributed by atoms with Crippen molar-refractivity contribution in [3.63, 3.8) is 0 Å². The van der Waals surface area contributed by atoms with Crippen LogP contribution in [0.5, 0.6) is 0 Å². The zero-order valence-electron chi connectivity index (χ0n) is 19.2. The number of nitrogens with zero attached hydrogens (tertiary/aromatic N) is 3. The molecule has 0 radical (unpaired) electrons. The smallest absolute Gasteiger partial charge is 0.416 e. The van der Waals surface area contributed by atoms with Crippen molar-refractivity contribution in [1.82, 2.24) is 10.2 Å². The molecule has 180 valence electrons. The number of hydrogen-bond donors (Lipinski definition) is 1. The molecule has 1 aliphatic rings. The number of ketones is 1. The summed E-state index contributed by atoms with van der Waals surface area (Å²) in [6.07, 6.45) is -4.55. The maximum atomic E-state index is 13.1. The lowest BCUT2D eigenvalue weighted by atomic mass is 9.93. The lowest BCUT2D eigenvalue weighted by Gasteiger charge is -2.24. The number of hydrogen-bond acceptors (Lipinski definition) is 5. The minimum atomic E-state index is -4.55. The van der Waals surface area contributed by atoms with Gasteiger partial charge in [0.25, 0.3) is 5.78 Å². The van der Waals surface area contributed by atoms with Gasteiger partial charge >= 0.3 is 12.1 Å². The highest BCUT2D eigenvalue weighted by molar-refractivity contribution is 6.51. The highest BCUT2D eigenvalue weighted by atomic mass is 19.4. The van der Waals surface area contributed by atoms with Crippen LogP contribution in [0, 0.1) is 6.92 Å². The monoisotopic (exact) mass is 481 g/mol. The highest BCUT2D eigenvalue weighted by Gasteiger charge is 2.48. The third kappa shape index (κ3) is 4.53. The summed E-state index contributed by atoms with van der Waals surface area (Å²) in [4.78, 5) is 27.2. The van der Waals surface area contributed by atoms with Crippen LogP contribution < -0.4 is 4.90 Å². The van der Waals surface area contributed by atoms with Crippen LogP contribution in [0.2, 0.25) is 0 Å². The number of aryl methyl sites for hydroxylation is 1. The van der Waals surface area contributed by atoms with E-state index >= 15 is 0 Å². The molecule has 6 nitrogen and oxygen atoms in total. The van der Waals surface area contributed by atoms with Gasteiger partial charge in [-0.05, 0) is 48.2 Å². The van der Waals surface area contributed by atoms with Crippen LogP contribution in [-0.4, -0.2) is 27.0 Å². The summed E-state index contributed by atoms with van der Waals surface area (Å²) < 4.78 is 39.4. The second-order valence-corrected chi connectivity index (χ2v) is 8.60. The van der Waals surface area contributed by atoms with Crippen LogP contribution in [0.1, 0.15) is 53.8 Å². The number of halogens is 3. The van der Waals surface area contributed by atoms with Gasteiger partial charge < -0.3 is 5.11 Å². The molecule has 3 aromatic rings. The zero-order chi connectivity index (χ0) is 25.5. The van der Waals surface area contributed by atoms with Gasteiger partial charge in [0, 0.05) is 5.56 Å². The van der Waals surface area contributed by atoms with E-state index in [1.54, 1.807) is 37.3 Å². The number of amides is 1. The molecule has 1 amide bonds. The van der Waals surface area contributed by atoms with Gasteiger partial charge in [0.05, 0.1) is 22.9 Å². The van der Waals surface area contributed by atoms with E-state index in [-0.39, 0.29) is 22.9 Å². The van der Waals surface area contributed by atoms with Gasteiger partial charge in [-0.1, -0.05) is 50.2 Å². The quantitative estimate of drug-likeness (QED) is 0.300. The predicted octanol–water partition coefficient (Wildman–Crippen LogP) is 5.55. The van der Waals surface area contributed by atoms with Crippen molar-refractivity contribution in [1.29, 1.82) is 0 Å². The van der Waals surface area contributed by atoms with Crippen molar-refractivity contribution in [3.8, 4) is 0 Å². The number of rotatable bonds is 4. The Morgan fingerprint density at radius 2 is 1.57 bits per heavy atom. The summed E-state index contributed by atoms with van der Waals surface area (Å²) in [5, 5.41) is 19.0. The third-order valence-electron chi connectivity index (χ3n) is 5.88. The number of aromatic nitrogens is 2. The van der Waals surface area contributed by atoms with Crippen LogP contribution in [0.15, 0.2) is 66.2 Å². The van der Waals surface area contributed by atoms with Crippen molar-refractivity contribution < 1.29 is 27.9 Å². The summed E-state index contributed by atoms with van der Waals surface area (Å²) in [5.41, 5.74) is 0.976. The van der Waals surface area contributed by atoms with Crippen molar-refractivity contribution in [2.45, 2.75) is 38.9 Å². The summed E-state index contributed by atoms with van der Waals surface area (Å²) in [5.74, 6) is -2.08. The average molecular weight is 481 g/mol. The Labute approximate surface area is 199 Å². The van der Waals surface area contributed by atoms with Gasteiger partial charge in [0.2, 0.25) is 0 Å². The normalized spacial score (nSPS) is 17.9. The topological polar surface area (TPSA) is 83.4 Å². The molecule has 0 bridgehead atoms. The molecular formula is C26H22F3N3O3. The van der Waals surface area contributed by atoms with E-state index in [0.717, 1.165) is 22.6 Å². The summed E-state index contributed by atoms with van der Waals surface area (Å²) in [7, 11) is 0. The minimum Gasteiger partial charge on any atom is -0.507 e. The molecule has 0 unspecified atom stereocenters. The molecule has 1 N–H and O–H groups in total. The molecule has 4 rings (SSSR count). The standard InChI is InChI=1S/C26H22F3N3O3/c1-14(2)16-5-7-18(8-6-16)23(33)21-22(17-9-11-19(12-10-17)26(27,28)29)32(25(35)24(21)34)20-13-4-15(3)30-31-20/h4-14,22,33H,1-3H3/t22-/m1/s1. The second-order valence-electron chi connectivity index (χ2n) is 8.60. The van der Waals surface area contributed by atoms with Crippen LogP contribution in [0.4, 0.5) is 19.0 Å². The molecule has 2 aromatic carbocycles. The minimum absolute atomic E-state index is 0.0387. The van der Waals surface area contributed by atoms with Crippen molar-refractivity contribution in [2.75, 3.05) is 4.90 Å². The SMILES string of the molecule is Cc1ccc(N2C(=O)C(=O)C(=C(O)c3ccc(C(C)C)cc3)[C@H]2c2ccc(C(F)(F)F)cc2)nn1. The van der Waals surface area contributed by atoms with E-state index in [4.69, 9.17) is 0 Å². The maximum absolute atomic E-state index is 13.1. The first-order valence-electron chi connectivity index (χ1n) is 10.9. The van der Waals surface area contributed by atoms with Crippen LogP contribution >= 0.6 is 0 Å². The Balaban J connectivity index is 1.89. The number of carbonyl (C=O) groups excluding carboxylic acids is 2. The van der Waals surface area contributed by atoms with Gasteiger partial charge in [0.15, 0.2) is 5.82 Å². The third-order valence-corrected chi connectivity index (χ3v) is 5.88. The lowest BCUT2D eigenvalue weighted by Crippen LogP contribution is -2.30. The molecule has 1 saturated heterocycles. The van der Waals surface area contributed by atoms with E-state index in [0.29, 0.717) is 11.3 Å². The van der Waals surface area contributed by atoms with E-state index < -0.39 is 35.2 Å². The van der Waals surface area contributed by atoms with Gasteiger partial charge in [-0.2, -0.15) is 18.3 Å². The fourth-order valence-electron chi connectivity index (χ4n) is 3.94. The zero-order valence-corrected chi connectivity index (χ0v) is 19.2. The molecule has 1 atom stereocenters.